The zero-order chi connectivity index (χ0) is 20.9. The van der Waals surface area contributed by atoms with Crippen LogP contribution in [0.1, 0.15) is 39.7 Å². The van der Waals surface area contributed by atoms with Crippen LogP contribution in [-0.2, 0) is 9.59 Å². The molecule has 0 fully saturated rings. The van der Waals surface area contributed by atoms with E-state index in [-0.39, 0.29) is 22.5 Å². The number of anilines is 2. The topological polar surface area (TPSA) is 58.2 Å². The Morgan fingerprint density at radius 1 is 1.11 bits per heavy atom. The maximum Gasteiger partial charge on any atom is 0.237 e. The number of carbonyl (C=O) groups is 2. The van der Waals surface area contributed by atoms with Gasteiger partial charge in [-0.3, -0.25) is 9.59 Å². The smallest absolute Gasteiger partial charge is 0.237 e. The summed E-state index contributed by atoms with van der Waals surface area (Å²) in [5.41, 5.74) is 2.34. The van der Waals surface area contributed by atoms with Crippen molar-refractivity contribution >= 4 is 46.6 Å². The first kappa shape index (κ1) is 22.3. The lowest BCUT2D eigenvalue weighted by molar-refractivity contribution is -0.118. The average molecular weight is 419 g/mol. The highest BCUT2D eigenvalue weighted by Gasteiger charge is 2.18. The van der Waals surface area contributed by atoms with Gasteiger partial charge < -0.3 is 10.6 Å². The van der Waals surface area contributed by atoms with Crippen molar-refractivity contribution in [3.8, 4) is 0 Å². The molecule has 28 heavy (non-hydrogen) atoms. The van der Waals surface area contributed by atoms with Crippen LogP contribution in [0, 0.1) is 12.3 Å². The van der Waals surface area contributed by atoms with Gasteiger partial charge in [-0.05, 0) is 55.2 Å². The van der Waals surface area contributed by atoms with Gasteiger partial charge in [-0.15, -0.1) is 11.8 Å². The minimum absolute atomic E-state index is 0.0168. The van der Waals surface area contributed by atoms with E-state index in [0.29, 0.717) is 17.1 Å². The molecular weight excluding hydrogens is 392 g/mol. The minimum Gasteiger partial charge on any atom is -0.326 e. The van der Waals surface area contributed by atoms with Gasteiger partial charge in [-0.2, -0.15) is 0 Å². The van der Waals surface area contributed by atoms with E-state index in [9.17, 15) is 9.59 Å². The number of nitrogens with one attached hydrogen (secondary N) is 2. The number of carbonyl (C=O) groups excluding carboxylic acids is 2. The summed E-state index contributed by atoms with van der Waals surface area (Å²) < 4.78 is 0. The van der Waals surface area contributed by atoms with Gasteiger partial charge in [-0.1, -0.05) is 44.5 Å². The maximum absolute atomic E-state index is 12.6. The standard InChI is InChI=1S/C22H27ClN2O2S/c1-14-9-10-16(23)11-19(14)25-21(27)15(2)28-18-8-6-7-17(12-18)24-20(26)13-22(3,4)5/h6-12,15H,13H2,1-5H3,(H,24,26)(H,25,27). The van der Waals surface area contributed by atoms with Gasteiger partial charge in [0.15, 0.2) is 0 Å². The number of hydrogen-bond acceptors (Lipinski definition) is 3. The van der Waals surface area contributed by atoms with Crippen molar-refractivity contribution in [2.24, 2.45) is 5.41 Å². The van der Waals surface area contributed by atoms with E-state index in [1.54, 1.807) is 12.1 Å². The predicted octanol–water partition coefficient (Wildman–Crippen LogP) is 6.14. The first-order valence-electron chi connectivity index (χ1n) is 9.17. The third-order valence-electron chi connectivity index (χ3n) is 3.95. The van der Waals surface area contributed by atoms with Crippen molar-refractivity contribution in [3.63, 3.8) is 0 Å². The van der Waals surface area contributed by atoms with E-state index in [1.807, 2.05) is 65.0 Å². The Hall–Kier alpha value is -1.98. The molecule has 4 nitrogen and oxygen atoms in total. The highest BCUT2D eigenvalue weighted by molar-refractivity contribution is 8.00. The number of hydrogen-bond donors (Lipinski definition) is 2. The molecule has 1 unspecified atom stereocenters. The lowest BCUT2D eigenvalue weighted by atomic mass is 9.92. The van der Waals surface area contributed by atoms with E-state index in [4.69, 9.17) is 11.6 Å². The van der Waals surface area contributed by atoms with E-state index >= 15 is 0 Å². The van der Waals surface area contributed by atoms with Crippen LogP contribution in [0.4, 0.5) is 11.4 Å². The lowest BCUT2D eigenvalue weighted by Gasteiger charge is -2.17. The number of benzene rings is 2. The van der Waals surface area contributed by atoms with Crippen LogP contribution >= 0.6 is 23.4 Å². The zero-order valence-electron chi connectivity index (χ0n) is 16.9. The minimum atomic E-state index is -0.307. The fourth-order valence-electron chi connectivity index (χ4n) is 2.55. The molecule has 0 aromatic heterocycles. The first-order chi connectivity index (χ1) is 13.0. The molecular formula is C22H27ClN2O2S. The third-order valence-corrected chi connectivity index (χ3v) is 5.28. The van der Waals surface area contributed by atoms with E-state index in [0.717, 1.165) is 16.1 Å². The SMILES string of the molecule is Cc1ccc(Cl)cc1NC(=O)C(C)Sc1cccc(NC(=O)CC(C)(C)C)c1. The number of amides is 2. The lowest BCUT2D eigenvalue weighted by Crippen LogP contribution is -2.23. The fraction of sp³-hybridized carbons (Fsp3) is 0.364. The molecule has 6 heteroatoms. The van der Waals surface area contributed by atoms with Crippen LogP contribution in [0.2, 0.25) is 5.02 Å². The van der Waals surface area contributed by atoms with Gasteiger partial charge in [0.25, 0.3) is 0 Å². The van der Waals surface area contributed by atoms with Gasteiger partial charge in [0.05, 0.1) is 5.25 Å². The summed E-state index contributed by atoms with van der Waals surface area (Å²) in [6, 6.07) is 13.0. The van der Waals surface area contributed by atoms with Gasteiger partial charge in [-0.25, -0.2) is 0 Å². The van der Waals surface area contributed by atoms with E-state index in [2.05, 4.69) is 10.6 Å². The van der Waals surface area contributed by atoms with Crippen molar-refractivity contribution in [1.82, 2.24) is 0 Å². The normalized spacial score (nSPS) is 12.4. The van der Waals surface area contributed by atoms with Crippen LogP contribution in [0.5, 0.6) is 0 Å². The first-order valence-corrected chi connectivity index (χ1v) is 10.4. The molecule has 0 spiro atoms. The van der Waals surface area contributed by atoms with Gasteiger partial charge >= 0.3 is 0 Å². The van der Waals surface area contributed by atoms with Crippen molar-refractivity contribution < 1.29 is 9.59 Å². The van der Waals surface area contributed by atoms with Gasteiger partial charge in [0, 0.05) is 27.7 Å². The monoisotopic (exact) mass is 418 g/mol. The Morgan fingerprint density at radius 3 is 2.50 bits per heavy atom. The maximum atomic E-state index is 12.6. The Bertz CT molecular complexity index is 862. The molecule has 0 saturated heterocycles. The van der Waals surface area contributed by atoms with Crippen LogP contribution in [0.25, 0.3) is 0 Å². The average Bonchev–Trinajstić information content (AvgIpc) is 2.56. The summed E-state index contributed by atoms with van der Waals surface area (Å²) in [6.45, 7) is 9.86. The Balaban J connectivity index is 1.99. The van der Waals surface area contributed by atoms with Crippen molar-refractivity contribution in [2.45, 2.75) is 51.2 Å². The molecule has 2 amide bonds. The fourth-order valence-corrected chi connectivity index (χ4v) is 3.65. The zero-order valence-corrected chi connectivity index (χ0v) is 18.5. The molecule has 2 rings (SSSR count). The Labute approximate surface area is 176 Å². The molecule has 0 aliphatic rings. The highest BCUT2D eigenvalue weighted by Crippen LogP contribution is 2.28. The molecule has 0 heterocycles. The molecule has 150 valence electrons. The quantitative estimate of drug-likeness (QED) is 0.553. The third kappa shape index (κ3) is 7.21. The summed E-state index contributed by atoms with van der Waals surface area (Å²) in [5, 5.41) is 6.13. The molecule has 0 bridgehead atoms. The summed E-state index contributed by atoms with van der Waals surface area (Å²) in [7, 11) is 0. The largest absolute Gasteiger partial charge is 0.326 e. The number of halogens is 1. The van der Waals surface area contributed by atoms with Gasteiger partial charge in [0.2, 0.25) is 11.8 Å². The highest BCUT2D eigenvalue weighted by atomic mass is 35.5. The second-order valence-electron chi connectivity index (χ2n) is 8.02. The van der Waals surface area contributed by atoms with Crippen molar-refractivity contribution in [3.05, 3.63) is 53.1 Å². The molecule has 2 aromatic rings. The molecule has 0 saturated carbocycles. The summed E-state index contributed by atoms with van der Waals surface area (Å²) in [6.07, 6.45) is 0.447. The molecule has 1 atom stereocenters. The number of rotatable bonds is 6. The van der Waals surface area contributed by atoms with E-state index < -0.39 is 0 Å². The summed E-state index contributed by atoms with van der Waals surface area (Å²) >= 11 is 7.46. The Morgan fingerprint density at radius 2 is 1.82 bits per heavy atom. The van der Waals surface area contributed by atoms with Crippen molar-refractivity contribution in [1.29, 1.82) is 0 Å². The number of aryl methyl sites for hydroxylation is 1. The van der Waals surface area contributed by atoms with Crippen LogP contribution in [0.3, 0.4) is 0 Å². The van der Waals surface area contributed by atoms with Crippen LogP contribution in [0.15, 0.2) is 47.4 Å². The number of thioether (sulfide) groups is 1. The Kier molecular flexibility index (Phi) is 7.55. The molecule has 0 aliphatic carbocycles. The van der Waals surface area contributed by atoms with Crippen molar-refractivity contribution in [2.75, 3.05) is 10.6 Å². The second-order valence-corrected chi connectivity index (χ2v) is 9.87. The molecule has 2 N–H and O–H groups in total. The summed E-state index contributed by atoms with van der Waals surface area (Å²) in [5.74, 6) is -0.116. The van der Waals surface area contributed by atoms with Crippen LogP contribution in [-0.4, -0.2) is 17.1 Å². The predicted molar refractivity (Wildman–Crippen MR) is 119 cm³/mol. The van der Waals surface area contributed by atoms with Crippen LogP contribution < -0.4 is 10.6 Å². The summed E-state index contributed by atoms with van der Waals surface area (Å²) in [4.78, 5) is 25.6. The molecule has 0 radical (unpaired) electrons. The second kappa shape index (κ2) is 9.48. The molecule has 0 aliphatic heterocycles. The van der Waals surface area contributed by atoms with Gasteiger partial charge in [0.1, 0.15) is 0 Å². The van der Waals surface area contributed by atoms with E-state index in [1.165, 1.54) is 11.8 Å². The molecule has 2 aromatic carbocycles.